The number of hydrogen-bond acceptors (Lipinski definition) is 8. The SMILES string of the molecule is CC(C)C1(OC(=O)C2C3CC4C(OC(=O)C42)C3OC(=O)C(F)(F)S(=O)(=O)O)CCCC1. The molecule has 0 radical (unpaired) electrons. The maximum absolute atomic E-state index is 13.7. The summed E-state index contributed by atoms with van der Waals surface area (Å²) in [5.41, 5.74) is -0.676. The number of fused-ring (bicyclic) bond motifs is 1. The number of hydrogen-bond donors (Lipinski definition) is 1. The fourth-order valence-electron chi connectivity index (χ4n) is 5.81. The van der Waals surface area contributed by atoms with E-state index in [2.05, 4.69) is 0 Å². The molecule has 174 valence electrons. The van der Waals surface area contributed by atoms with Gasteiger partial charge in [-0.3, -0.25) is 14.1 Å². The average Bonchev–Trinajstić information content (AvgIpc) is 3.38. The van der Waals surface area contributed by atoms with E-state index in [9.17, 15) is 31.6 Å². The summed E-state index contributed by atoms with van der Waals surface area (Å²) >= 11 is 0. The van der Waals surface area contributed by atoms with E-state index in [-0.39, 0.29) is 12.3 Å². The first-order valence-corrected chi connectivity index (χ1v) is 11.7. The third-order valence-electron chi connectivity index (χ3n) is 7.43. The monoisotopic (exact) mass is 466 g/mol. The van der Waals surface area contributed by atoms with Gasteiger partial charge < -0.3 is 14.2 Å². The van der Waals surface area contributed by atoms with Gasteiger partial charge in [-0.1, -0.05) is 13.8 Å². The number of esters is 3. The zero-order valence-corrected chi connectivity index (χ0v) is 17.8. The first kappa shape index (κ1) is 22.4. The minimum absolute atomic E-state index is 0.0305. The maximum atomic E-state index is 13.7. The highest BCUT2D eigenvalue weighted by Crippen LogP contribution is 2.59. The summed E-state index contributed by atoms with van der Waals surface area (Å²) < 4.78 is 73.5. The number of ether oxygens (including phenoxy) is 3. The van der Waals surface area contributed by atoms with E-state index >= 15 is 0 Å². The van der Waals surface area contributed by atoms with Gasteiger partial charge in [0.2, 0.25) is 0 Å². The van der Waals surface area contributed by atoms with Crippen LogP contribution in [0.2, 0.25) is 0 Å². The van der Waals surface area contributed by atoms with Crippen molar-refractivity contribution in [3.63, 3.8) is 0 Å². The van der Waals surface area contributed by atoms with Gasteiger partial charge in [-0.2, -0.15) is 17.2 Å². The number of alkyl halides is 2. The Kier molecular flexibility index (Phi) is 5.12. The summed E-state index contributed by atoms with van der Waals surface area (Å²) in [6.07, 6.45) is 0.871. The highest BCUT2D eigenvalue weighted by Gasteiger charge is 2.71. The lowest BCUT2D eigenvalue weighted by molar-refractivity contribution is -0.184. The van der Waals surface area contributed by atoms with Crippen LogP contribution < -0.4 is 0 Å². The molecular weight excluding hydrogens is 442 g/mol. The van der Waals surface area contributed by atoms with E-state index in [1.165, 1.54) is 0 Å². The van der Waals surface area contributed by atoms with Gasteiger partial charge in [-0.25, -0.2) is 4.79 Å². The first-order chi connectivity index (χ1) is 14.3. The molecule has 1 saturated heterocycles. The van der Waals surface area contributed by atoms with Crippen LogP contribution in [0, 0.1) is 29.6 Å². The summed E-state index contributed by atoms with van der Waals surface area (Å²) in [6, 6.07) is 0. The molecule has 1 N–H and O–H groups in total. The van der Waals surface area contributed by atoms with E-state index in [1.807, 2.05) is 13.8 Å². The number of carbonyl (C=O) groups is 3. The molecule has 4 aliphatic rings. The minimum atomic E-state index is -6.05. The highest BCUT2D eigenvalue weighted by molar-refractivity contribution is 7.87. The number of halogens is 2. The van der Waals surface area contributed by atoms with E-state index in [0.717, 1.165) is 12.8 Å². The molecule has 0 aromatic carbocycles. The molecule has 0 aromatic heterocycles. The van der Waals surface area contributed by atoms with Crippen molar-refractivity contribution >= 4 is 28.0 Å². The molecule has 0 amide bonds. The lowest BCUT2D eigenvalue weighted by atomic mass is 9.78. The largest absolute Gasteiger partial charge is 0.465 e. The molecule has 12 heteroatoms. The second kappa shape index (κ2) is 7.09. The van der Waals surface area contributed by atoms with Crippen LogP contribution in [0.1, 0.15) is 46.0 Å². The van der Waals surface area contributed by atoms with Gasteiger partial charge in [-0.05, 0) is 38.0 Å². The van der Waals surface area contributed by atoms with Gasteiger partial charge in [0.25, 0.3) is 0 Å². The van der Waals surface area contributed by atoms with Gasteiger partial charge >= 0.3 is 33.3 Å². The lowest BCUT2D eigenvalue weighted by Crippen LogP contribution is -2.49. The highest BCUT2D eigenvalue weighted by atomic mass is 32.2. The zero-order chi connectivity index (χ0) is 22.9. The van der Waals surface area contributed by atoms with E-state index < -0.39 is 74.8 Å². The summed E-state index contributed by atoms with van der Waals surface area (Å²) in [4.78, 5) is 37.4. The molecule has 9 nitrogen and oxygen atoms in total. The molecule has 31 heavy (non-hydrogen) atoms. The van der Waals surface area contributed by atoms with E-state index in [1.54, 1.807) is 0 Å². The third kappa shape index (κ3) is 3.24. The van der Waals surface area contributed by atoms with Crippen molar-refractivity contribution < 1.29 is 50.3 Å². The van der Waals surface area contributed by atoms with Gasteiger partial charge in [-0.15, -0.1) is 0 Å². The van der Waals surface area contributed by atoms with Crippen molar-refractivity contribution in [1.29, 1.82) is 0 Å². The molecule has 3 aliphatic carbocycles. The van der Waals surface area contributed by atoms with Crippen molar-refractivity contribution in [3.05, 3.63) is 0 Å². The lowest BCUT2D eigenvalue weighted by Gasteiger charge is -2.37. The van der Waals surface area contributed by atoms with E-state index in [0.29, 0.717) is 12.8 Å². The van der Waals surface area contributed by atoms with Gasteiger partial charge in [0.1, 0.15) is 17.8 Å². The molecule has 3 saturated carbocycles. The Bertz CT molecular complexity index is 909. The molecule has 0 aromatic rings. The molecule has 1 aliphatic heterocycles. The van der Waals surface area contributed by atoms with Crippen LogP contribution >= 0.6 is 0 Å². The third-order valence-corrected chi connectivity index (χ3v) is 8.24. The predicted octanol–water partition coefficient (Wildman–Crippen LogP) is 1.70. The summed E-state index contributed by atoms with van der Waals surface area (Å²) in [7, 11) is -6.05. The van der Waals surface area contributed by atoms with Crippen LogP contribution in [0.3, 0.4) is 0 Å². The Hall–Kier alpha value is -1.82. The van der Waals surface area contributed by atoms with Crippen molar-refractivity contribution in [2.24, 2.45) is 29.6 Å². The Morgan fingerprint density at radius 1 is 1.23 bits per heavy atom. The van der Waals surface area contributed by atoms with Crippen LogP contribution in [-0.2, 0) is 38.7 Å². The fraction of sp³-hybridized carbons (Fsp3) is 0.842. The molecule has 4 rings (SSSR count). The average molecular weight is 466 g/mol. The Labute approximate surface area is 177 Å². The second-order valence-corrected chi connectivity index (χ2v) is 10.7. The molecule has 4 fully saturated rings. The van der Waals surface area contributed by atoms with Crippen LogP contribution in [0.5, 0.6) is 0 Å². The maximum Gasteiger partial charge on any atom is 0.465 e. The van der Waals surface area contributed by atoms with Crippen LogP contribution in [0.4, 0.5) is 8.78 Å². The van der Waals surface area contributed by atoms with Crippen LogP contribution in [-0.4, -0.2) is 53.9 Å². The molecule has 6 unspecified atom stereocenters. The van der Waals surface area contributed by atoms with E-state index in [4.69, 9.17) is 18.8 Å². The van der Waals surface area contributed by atoms with Crippen LogP contribution in [0.15, 0.2) is 0 Å². The van der Waals surface area contributed by atoms with Crippen LogP contribution in [0.25, 0.3) is 0 Å². The molecule has 0 spiro atoms. The summed E-state index contributed by atoms with van der Waals surface area (Å²) in [5, 5.41) is -5.18. The first-order valence-electron chi connectivity index (χ1n) is 10.3. The fourth-order valence-corrected chi connectivity index (χ4v) is 6.06. The smallest absolute Gasteiger partial charge is 0.459 e. The summed E-state index contributed by atoms with van der Waals surface area (Å²) in [5.74, 6) is -7.00. The number of carbonyl (C=O) groups excluding carboxylic acids is 3. The minimum Gasteiger partial charge on any atom is -0.459 e. The molecule has 1 heterocycles. The van der Waals surface area contributed by atoms with Crippen molar-refractivity contribution in [2.75, 3.05) is 0 Å². The normalized spacial score (nSPS) is 36.0. The molecule has 2 bridgehead atoms. The summed E-state index contributed by atoms with van der Waals surface area (Å²) in [6.45, 7) is 3.86. The van der Waals surface area contributed by atoms with Crippen molar-refractivity contribution in [2.45, 2.75) is 69.0 Å². The van der Waals surface area contributed by atoms with Gasteiger partial charge in [0.05, 0.1) is 11.8 Å². The molecule has 6 atom stereocenters. The quantitative estimate of drug-likeness (QED) is 0.353. The van der Waals surface area contributed by atoms with Crippen molar-refractivity contribution in [3.8, 4) is 0 Å². The van der Waals surface area contributed by atoms with Gasteiger partial charge in [0.15, 0.2) is 0 Å². The number of rotatable bonds is 6. The predicted molar refractivity (Wildman–Crippen MR) is 97.0 cm³/mol. The Morgan fingerprint density at radius 3 is 2.39 bits per heavy atom. The standard InChI is InChI=1S/C19H24F2O9S/c1-8(2)18(5-3-4-6-18)30-16(23)12-10-7-9-11(12)15(22)28-13(9)14(10)29-17(24)19(20,21)31(25,26)27/h8-14H,3-7H2,1-2H3,(H,25,26,27). The second-order valence-electron chi connectivity index (χ2n) is 9.23. The topological polar surface area (TPSA) is 133 Å². The Morgan fingerprint density at radius 2 is 1.84 bits per heavy atom. The molecular formula is C19H24F2O9S. The zero-order valence-electron chi connectivity index (χ0n) is 17.0. The van der Waals surface area contributed by atoms with Crippen molar-refractivity contribution in [1.82, 2.24) is 0 Å². The van der Waals surface area contributed by atoms with Gasteiger partial charge in [0, 0.05) is 11.8 Å². The Balaban J connectivity index is 1.57.